The van der Waals surface area contributed by atoms with E-state index < -0.39 is 5.97 Å². The Hall–Kier alpha value is -2.60. The maximum Gasteiger partial charge on any atom is 0.331 e. The molecule has 25 heavy (non-hydrogen) atoms. The smallest absolute Gasteiger partial charge is 0.331 e. The summed E-state index contributed by atoms with van der Waals surface area (Å²) in [7, 11) is 0. The zero-order valence-corrected chi connectivity index (χ0v) is 14.3. The SMILES string of the molecule is O=C(COC(=O)/C=C/c1cccc(F)c1)NCCSc1ccccc1. The van der Waals surface area contributed by atoms with Crippen LogP contribution < -0.4 is 5.32 Å². The van der Waals surface area contributed by atoms with Crippen LogP contribution in [-0.2, 0) is 14.3 Å². The van der Waals surface area contributed by atoms with Gasteiger partial charge in [0, 0.05) is 23.3 Å². The average Bonchev–Trinajstić information content (AvgIpc) is 2.63. The molecule has 0 atom stereocenters. The van der Waals surface area contributed by atoms with Gasteiger partial charge in [-0.2, -0.15) is 0 Å². The quantitative estimate of drug-likeness (QED) is 0.340. The molecule has 0 fully saturated rings. The van der Waals surface area contributed by atoms with Crippen molar-refractivity contribution in [2.75, 3.05) is 18.9 Å². The van der Waals surface area contributed by atoms with Gasteiger partial charge < -0.3 is 10.1 Å². The molecule has 4 nitrogen and oxygen atoms in total. The second-order valence-electron chi connectivity index (χ2n) is 5.01. The standard InChI is InChI=1S/C19H18FNO3S/c20-16-6-4-5-15(13-16)9-10-19(23)24-14-18(22)21-11-12-25-17-7-2-1-3-8-17/h1-10,13H,11-12,14H2,(H,21,22)/b10-9+. The first-order valence-electron chi connectivity index (χ1n) is 7.68. The number of thioether (sulfide) groups is 1. The molecule has 1 amide bonds. The van der Waals surface area contributed by atoms with Crippen molar-refractivity contribution in [2.24, 2.45) is 0 Å². The summed E-state index contributed by atoms with van der Waals surface area (Å²) in [5.41, 5.74) is 0.541. The Labute approximate surface area is 150 Å². The van der Waals surface area contributed by atoms with Crippen LogP contribution in [0.2, 0.25) is 0 Å². The number of esters is 1. The van der Waals surface area contributed by atoms with E-state index in [2.05, 4.69) is 5.32 Å². The molecule has 2 rings (SSSR count). The van der Waals surface area contributed by atoms with Crippen LogP contribution in [0.25, 0.3) is 6.08 Å². The van der Waals surface area contributed by atoms with Crippen LogP contribution in [-0.4, -0.2) is 30.8 Å². The summed E-state index contributed by atoms with van der Waals surface area (Å²) in [4.78, 5) is 24.3. The lowest BCUT2D eigenvalue weighted by Crippen LogP contribution is -2.30. The van der Waals surface area contributed by atoms with Crippen molar-refractivity contribution in [1.82, 2.24) is 5.32 Å². The summed E-state index contributed by atoms with van der Waals surface area (Å²) in [5.74, 6) is -0.675. The molecule has 0 saturated heterocycles. The van der Waals surface area contributed by atoms with Gasteiger partial charge in [0.1, 0.15) is 5.82 Å². The molecule has 2 aromatic rings. The first kappa shape index (κ1) is 18.7. The molecule has 130 valence electrons. The minimum Gasteiger partial charge on any atom is -0.452 e. The molecule has 6 heteroatoms. The molecule has 0 saturated carbocycles. The third-order valence-electron chi connectivity index (χ3n) is 3.04. The molecule has 0 aliphatic heterocycles. The number of carbonyl (C=O) groups is 2. The maximum absolute atomic E-state index is 13.0. The second-order valence-corrected chi connectivity index (χ2v) is 6.18. The van der Waals surface area contributed by atoms with Gasteiger partial charge in [0.2, 0.25) is 0 Å². The lowest BCUT2D eigenvalue weighted by Gasteiger charge is -2.05. The molecule has 0 heterocycles. The average molecular weight is 359 g/mol. The lowest BCUT2D eigenvalue weighted by atomic mass is 10.2. The van der Waals surface area contributed by atoms with Gasteiger partial charge in [-0.25, -0.2) is 9.18 Å². The maximum atomic E-state index is 13.0. The van der Waals surface area contributed by atoms with Crippen LogP contribution in [0.1, 0.15) is 5.56 Å². The van der Waals surface area contributed by atoms with Crippen LogP contribution in [0, 0.1) is 5.82 Å². The van der Waals surface area contributed by atoms with Crippen molar-refractivity contribution in [3.8, 4) is 0 Å². The van der Waals surface area contributed by atoms with E-state index in [4.69, 9.17) is 4.74 Å². The summed E-state index contributed by atoms with van der Waals surface area (Å²) < 4.78 is 17.8. The fraction of sp³-hybridized carbons (Fsp3) is 0.158. The van der Waals surface area contributed by atoms with Crippen LogP contribution in [0.5, 0.6) is 0 Å². The van der Waals surface area contributed by atoms with Crippen LogP contribution in [0.15, 0.2) is 65.6 Å². The van der Waals surface area contributed by atoms with Gasteiger partial charge in [0.25, 0.3) is 5.91 Å². The van der Waals surface area contributed by atoms with E-state index in [1.165, 1.54) is 18.2 Å². The Morgan fingerprint density at radius 2 is 1.92 bits per heavy atom. The van der Waals surface area contributed by atoms with Gasteiger partial charge in [-0.05, 0) is 35.9 Å². The predicted octanol–water partition coefficient (Wildman–Crippen LogP) is 3.29. The van der Waals surface area contributed by atoms with E-state index >= 15 is 0 Å². The molecule has 2 aromatic carbocycles. The minimum atomic E-state index is -0.655. The van der Waals surface area contributed by atoms with Crippen LogP contribution >= 0.6 is 11.8 Å². The second kappa shape index (κ2) is 10.3. The number of nitrogens with one attached hydrogen (secondary N) is 1. The van der Waals surface area contributed by atoms with Gasteiger partial charge >= 0.3 is 5.97 Å². The van der Waals surface area contributed by atoms with Gasteiger partial charge in [0.15, 0.2) is 6.61 Å². The van der Waals surface area contributed by atoms with Crippen molar-refractivity contribution in [3.05, 3.63) is 72.1 Å². The van der Waals surface area contributed by atoms with E-state index in [1.54, 1.807) is 23.9 Å². The Morgan fingerprint density at radius 1 is 1.12 bits per heavy atom. The van der Waals surface area contributed by atoms with Gasteiger partial charge in [-0.3, -0.25) is 4.79 Å². The van der Waals surface area contributed by atoms with Crippen molar-refractivity contribution in [3.63, 3.8) is 0 Å². The third kappa shape index (κ3) is 7.67. The van der Waals surface area contributed by atoms with Crippen LogP contribution in [0.4, 0.5) is 4.39 Å². The van der Waals surface area contributed by atoms with Gasteiger partial charge in [0.05, 0.1) is 0 Å². The van der Waals surface area contributed by atoms with E-state index in [0.717, 1.165) is 16.7 Å². The van der Waals surface area contributed by atoms with Gasteiger partial charge in [-0.1, -0.05) is 30.3 Å². The summed E-state index contributed by atoms with van der Waals surface area (Å²) in [6.45, 7) is 0.136. The highest BCUT2D eigenvalue weighted by atomic mass is 32.2. The number of halogens is 1. The highest BCUT2D eigenvalue weighted by molar-refractivity contribution is 7.99. The van der Waals surface area contributed by atoms with E-state index in [0.29, 0.717) is 12.1 Å². The molecule has 0 spiro atoms. The Morgan fingerprint density at radius 3 is 2.68 bits per heavy atom. The summed E-state index contributed by atoms with van der Waals surface area (Å²) in [6.07, 6.45) is 2.59. The molecular weight excluding hydrogens is 341 g/mol. The first-order chi connectivity index (χ1) is 12.1. The number of hydrogen-bond acceptors (Lipinski definition) is 4. The van der Waals surface area contributed by atoms with Crippen molar-refractivity contribution >= 4 is 29.7 Å². The molecule has 0 aliphatic carbocycles. The number of hydrogen-bond donors (Lipinski definition) is 1. The molecule has 1 N–H and O–H groups in total. The Balaban J connectivity index is 1.61. The summed E-state index contributed by atoms with van der Waals surface area (Å²) in [5, 5.41) is 2.68. The topological polar surface area (TPSA) is 55.4 Å². The van der Waals surface area contributed by atoms with Crippen molar-refractivity contribution in [2.45, 2.75) is 4.90 Å². The number of rotatable bonds is 8. The fourth-order valence-electron chi connectivity index (χ4n) is 1.89. The monoisotopic (exact) mass is 359 g/mol. The zero-order chi connectivity index (χ0) is 17.9. The molecule has 0 bridgehead atoms. The Bertz CT molecular complexity index is 734. The minimum absolute atomic E-state index is 0.345. The van der Waals surface area contributed by atoms with Crippen LogP contribution in [0.3, 0.4) is 0 Å². The van der Waals surface area contributed by atoms with Crippen molar-refractivity contribution < 1.29 is 18.7 Å². The number of ether oxygens (including phenoxy) is 1. The number of carbonyl (C=O) groups excluding carboxylic acids is 2. The predicted molar refractivity (Wildman–Crippen MR) is 96.6 cm³/mol. The highest BCUT2D eigenvalue weighted by Gasteiger charge is 2.04. The normalized spacial score (nSPS) is 10.6. The molecule has 0 unspecified atom stereocenters. The fourth-order valence-corrected chi connectivity index (χ4v) is 2.68. The summed E-state index contributed by atoms with van der Waals surface area (Å²) in [6, 6.07) is 15.7. The molecule has 0 aromatic heterocycles. The Kier molecular flexibility index (Phi) is 7.72. The largest absolute Gasteiger partial charge is 0.452 e. The summed E-state index contributed by atoms with van der Waals surface area (Å²) >= 11 is 1.63. The van der Waals surface area contributed by atoms with Gasteiger partial charge in [-0.15, -0.1) is 11.8 Å². The highest BCUT2D eigenvalue weighted by Crippen LogP contribution is 2.15. The zero-order valence-electron chi connectivity index (χ0n) is 13.5. The van der Waals surface area contributed by atoms with Crippen molar-refractivity contribution in [1.29, 1.82) is 0 Å². The lowest BCUT2D eigenvalue weighted by molar-refractivity contribution is -0.143. The third-order valence-corrected chi connectivity index (χ3v) is 4.06. The molecule has 0 radical (unpaired) electrons. The van der Waals surface area contributed by atoms with E-state index in [1.807, 2.05) is 30.3 Å². The number of amides is 1. The molecular formula is C19H18FNO3S. The molecule has 0 aliphatic rings. The van der Waals surface area contributed by atoms with E-state index in [-0.39, 0.29) is 18.3 Å². The van der Waals surface area contributed by atoms with E-state index in [9.17, 15) is 14.0 Å². The first-order valence-corrected chi connectivity index (χ1v) is 8.67. The number of benzene rings is 2.